The van der Waals surface area contributed by atoms with Gasteiger partial charge < -0.3 is 10.2 Å². The van der Waals surface area contributed by atoms with Gasteiger partial charge in [-0.05, 0) is 24.3 Å². The van der Waals surface area contributed by atoms with E-state index >= 15 is 0 Å². The van der Waals surface area contributed by atoms with Crippen LogP contribution in [0.4, 0.5) is 15.9 Å². The lowest BCUT2D eigenvalue weighted by Gasteiger charge is -2.34. The van der Waals surface area contributed by atoms with Crippen LogP contribution in [-0.4, -0.2) is 73.8 Å². The number of piperazine rings is 1. The fourth-order valence-corrected chi connectivity index (χ4v) is 3.60. The Labute approximate surface area is 164 Å². The Morgan fingerprint density at radius 3 is 2.54 bits per heavy atom. The van der Waals surface area contributed by atoms with Crippen molar-refractivity contribution in [3.05, 3.63) is 54.0 Å². The van der Waals surface area contributed by atoms with Crippen LogP contribution >= 0.6 is 0 Å². The van der Waals surface area contributed by atoms with Gasteiger partial charge in [0.2, 0.25) is 0 Å². The van der Waals surface area contributed by atoms with E-state index < -0.39 is 15.7 Å². The van der Waals surface area contributed by atoms with Crippen LogP contribution in [0.15, 0.2) is 42.6 Å². The fourth-order valence-electron chi connectivity index (χ4n) is 3.01. The van der Waals surface area contributed by atoms with Gasteiger partial charge in [-0.3, -0.25) is 9.69 Å². The molecule has 1 aromatic heterocycles. The SMILES string of the molecule is CS(=O)(=O)CCN1CCN(C(=O)c2cccnc2Nc2ccccc2F)CC1. The number of nitrogens with one attached hydrogen (secondary N) is 1. The summed E-state index contributed by atoms with van der Waals surface area (Å²) in [4.78, 5) is 20.9. The second-order valence-electron chi connectivity index (χ2n) is 6.77. The van der Waals surface area contributed by atoms with Crippen LogP contribution in [-0.2, 0) is 9.84 Å². The second-order valence-corrected chi connectivity index (χ2v) is 9.03. The van der Waals surface area contributed by atoms with Gasteiger partial charge in [0, 0.05) is 45.2 Å². The van der Waals surface area contributed by atoms with Crippen molar-refractivity contribution in [2.24, 2.45) is 0 Å². The number of pyridine rings is 1. The van der Waals surface area contributed by atoms with E-state index in [0.717, 1.165) is 0 Å². The normalized spacial score (nSPS) is 15.4. The largest absolute Gasteiger partial charge is 0.337 e. The van der Waals surface area contributed by atoms with Crippen LogP contribution in [0.2, 0.25) is 0 Å². The van der Waals surface area contributed by atoms with Crippen molar-refractivity contribution in [2.45, 2.75) is 0 Å². The molecule has 0 bridgehead atoms. The number of hydrogen-bond donors (Lipinski definition) is 1. The smallest absolute Gasteiger partial charge is 0.257 e. The quantitative estimate of drug-likeness (QED) is 0.787. The molecule has 1 N–H and O–H groups in total. The van der Waals surface area contributed by atoms with Crippen molar-refractivity contribution in [1.82, 2.24) is 14.8 Å². The second kappa shape index (κ2) is 8.66. The Morgan fingerprint density at radius 2 is 1.86 bits per heavy atom. The Hall–Kier alpha value is -2.52. The van der Waals surface area contributed by atoms with E-state index in [1.54, 1.807) is 41.4 Å². The topological polar surface area (TPSA) is 82.6 Å². The van der Waals surface area contributed by atoms with Gasteiger partial charge in [0.15, 0.2) is 0 Å². The van der Waals surface area contributed by atoms with E-state index in [0.29, 0.717) is 44.1 Å². The highest BCUT2D eigenvalue weighted by atomic mass is 32.2. The van der Waals surface area contributed by atoms with Crippen molar-refractivity contribution >= 4 is 27.2 Å². The molecule has 0 aliphatic carbocycles. The number of carbonyl (C=O) groups excluding carboxylic acids is 1. The third-order valence-electron chi connectivity index (χ3n) is 4.60. The lowest BCUT2D eigenvalue weighted by Crippen LogP contribution is -2.49. The average Bonchev–Trinajstić information content (AvgIpc) is 2.68. The van der Waals surface area contributed by atoms with Crippen LogP contribution in [0, 0.1) is 5.82 Å². The molecule has 0 atom stereocenters. The molecule has 0 radical (unpaired) electrons. The first-order valence-corrected chi connectivity index (χ1v) is 11.1. The van der Waals surface area contributed by atoms with E-state index in [1.807, 2.05) is 4.90 Å². The molecule has 1 fully saturated rings. The third kappa shape index (κ3) is 5.26. The summed E-state index contributed by atoms with van der Waals surface area (Å²) < 4.78 is 36.6. The molecular weight excluding hydrogens is 383 g/mol. The number of anilines is 2. The fraction of sp³-hybridized carbons (Fsp3) is 0.368. The first-order valence-electron chi connectivity index (χ1n) is 8.99. The molecule has 0 unspecified atom stereocenters. The highest BCUT2D eigenvalue weighted by molar-refractivity contribution is 7.90. The zero-order valence-corrected chi connectivity index (χ0v) is 16.5. The van der Waals surface area contributed by atoms with Gasteiger partial charge in [-0.25, -0.2) is 17.8 Å². The Kier molecular flexibility index (Phi) is 6.25. The van der Waals surface area contributed by atoms with Gasteiger partial charge in [-0.1, -0.05) is 12.1 Å². The summed E-state index contributed by atoms with van der Waals surface area (Å²) in [6.07, 6.45) is 2.77. The predicted octanol–water partition coefficient (Wildman–Crippen LogP) is 1.77. The number of aromatic nitrogens is 1. The average molecular weight is 406 g/mol. The maximum absolute atomic E-state index is 13.9. The number of amides is 1. The molecule has 0 spiro atoms. The van der Waals surface area contributed by atoms with Crippen molar-refractivity contribution in [2.75, 3.05) is 50.0 Å². The van der Waals surface area contributed by atoms with Gasteiger partial charge in [-0.15, -0.1) is 0 Å². The Morgan fingerprint density at radius 1 is 1.14 bits per heavy atom. The maximum atomic E-state index is 13.9. The summed E-state index contributed by atoms with van der Waals surface area (Å²) in [7, 11) is -3.00. The molecule has 1 aliphatic rings. The minimum atomic E-state index is -3.00. The number of para-hydroxylation sites is 1. The van der Waals surface area contributed by atoms with Gasteiger partial charge in [-0.2, -0.15) is 0 Å². The summed E-state index contributed by atoms with van der Waals surface area (Å²) in [5.41, 5.74) is 0.621. The maximum Gasteiger partial charge on any atom is 0.257 e. The highest BCUT2D eigenvalue weighted by Gasteiger charge is 2.24. The number of rotatable bonds is 6. The van der Waals surface area contributed by atoms with Crippen LogP contribution in [0.1, 0.15) is 10.4 Å². The molecule has 1 aromatic carbocycles. The van der Waals surface area contributed by atoms with Gasteiger partial charge in [0.25, 0.3) is 5.91 Å². The van der Waals surface area contributed by atoms with E-state index in [9.17, 15) is 17.6 Å². The molecule has 1 aliphatic heterocycles. The van der Waals surface area contributed by atoms with Crippen LogP contribution < -0.4 is 5.32 Å². The summed E-state index contributed by atoms with van der Waals surface area (Å²) in [6.45, 7) is 2.68. The molecule has 28 heavy (non-hydrogen) atoms. The van der Waals surface area contributed by atoms with Crippen LogP contribution in [0.25, 0.3) is 0 Å². The summed E-state index contributed by atoms with van der Waals surface area (Å²) in [6, 6.07) is 9.54. The number of benzene rings is 1. The predicted molar refractivity (Wildman–Crippen MR) is 106 cm³/mol. The Balaban J connectivity index is 1.66. The zero-order valence-electron chi connectivity index (χ0n) is 15.6. The summed E-state index contributed by atoms with van der Waals surface area (Å²) >= 11 is 0. The van der Waals surface area contributed by atoms with Gasteiger partial charge >= 0.3 is 0 Å². The number of halogens is 1. The third-order valence-corrected chi connectivity index (χ3v) is 5.53. The van der Waals surface area contributed by atoms with Crippen molar-refractivity contribution < 1.29 is 17.6 Å². The molecule has 2 heterocycles. The minimum Gasteiger partial charge on any atom is -0.337 e. The van der Waals surface area contributed by atoms with E-state index in [4.69, 9.17) is 0 Å². The summed E-state index contributed by atoms with van der Waals surface area (Å²) in [5, 5.41) is 2.90. The Bertz CT molecular complexity index is 944. The van der Waals surface area contributed by atoms with Crippen molar-refractivity contribution in [1.29, 1.82) is 0 Å². The molecule has 150 valence electrons. The van der Waals surface area contributed by atoms with Gasteiger partial charge in [0.05, 0.1) is 17.0 Å². The molecule has 0 saturated carbocycles. The first kappa shape index (κ1) is 20.2. The lowest BCUT2D eigenvalue weighted by atomic mass is 10.2. The molecule has 9 heteroatoms. The lowest BCUT2D eigenvalue weighted by molar-refractivity contribution is 0.0644. The van der Waals surface area contributed by atoms with E-state index in [-0.39, 0.29) is 17.3 Å². The molecule has 7 nitrogen and oxygen atoms in total. The number of sulfone groups is 1. The molecular formula is C19H23FN4O3S. The highest BCUT2D eigenvalue weighted by Crippen LogP contribution is 2.22. The number of hydrogen-bond acceptors (Lipinski definition) is 6. The monoisotopic (exact) mass is 406 g/mol. The number of carbonyl (C=O) groups is 1. The van der Waals surface area contributed by atoms with E-state index in [1.165, 1.54) is 12.3 Å². The molecule has 1 amide bonds. The van der Waals surface area contributed by atoms with Crippen molar-refractivity contribution in [3.8, 4) is 0 Å². The van der Waals surface area contributed by atoms with E-state index in [2.05, 4.69) is 10.3 Å². The minimum absolute atomic E-state index is 0.111. The van der Waals surface area contributed by atoms with Gasteiger partial charge in [0.1, 0.15) is 21.5 Å². The first-order chi connectivity index (χ1) is 13.3. The standard InChI is InChI=1S/C19H23FN4O3S/c1-28(26,27)14-13-23-9-11-24(12-10-23)19(25)15-5-4-8-21-18(15)22-17-7-3-2-6-16(17)20/h2-8H,9-14H2,1H3,(H,21,22). The molecule has 3 rings (SSSR count). The summed E-state index contributed by atoms with van der Waals surface area (Å²) in [5.74, 6) is -0.196. The zero-order chi connectivity index (χ0) is 20.1. The number of nitrogens with zero attached hydrogens (tertiary/aromatic N) is 3. The van der Waals surface area contributed by atoms with Crippen LogP contribution in [0.5, 0.6) is 0 Å². The molecule has 1 saturated heterocycles. The van der Waals surface area contributed by atoms with Crippen LogP contribution in [0.3, 0.4) is 0 Å². The van der Waals surface area contributed by atoms with Crippen molar-refractivity contribution in [3.63, 3.8) is 0 Å². The molecule has 2 aromatic rings.